The van der Waals surface area contributed by atoms with Crippen molar-refractivity contribution < 1.29 is 4.39 Å². The minimum atomic E-state index is -0.272. The summed E-state index contributed by atoms with van der Waals surface area (Å²) in [6.45, 7) is 0. The third-order valence-electron chi connectivity index (χ3n) is 3.83. The zero-order chi connectivity index (χ0) is 17.8. The molecule has 0 saturated heterocycles. The SMILES string of the molecule is Fc1ccc(-n2c(SCc3ccccn3)nnc2-c2ccccc2)cc1. The van der Waals surface area contributed by atoms with Crippen LogP contribution in [0.25, 0.3) is 17.1 Å². The lowest BCUT2D eigenvalue weighted by molar-refractivity contribution is 0.627. The van der Waals surface area contributed by atoms with Crippen LogP contribution >= 0.6 is 11.8 Å². The fourth-order valence-corrected chi connectivity index (χ4v) is 3.45. The first kappa shape index (κ1) is 16.5. The molecular formula is C20H15FN4S. The average Bonchev–Trinajstić information content (AvgIpc) is 3.12. The molecule has 4 rings (SSSR count). The Kier molecular flexibility index (Phi) is 4.75. The molecule has 0 radical (unpaired) electrons. The zero-order valence-corrected chi connectivity index (χ0v) is 14.6. The molecule has 6 heteroatoms. The summed E-state index contributed by atoms with van der Waals surface area (Å²) in [5.41, 5.74) is 2.74. The van der Waals surface area contributed by atoms with Gasteiger partial charge in [-0.1, -0.05) is 48.2 Å². The maximum Gasteiger partial charge on any atom is 0.196 e. The van der Waals surface area contributed by atoms with E-state index in [1.54, 1.807) is 30.1 Å². The van der Waals surface area contributed by atoms with Gasteiger partial charge in [-0.2, -0.15) is 0 Å². The summed E-state index contributed by atoms with van der Waals surface area (Å²) in [4.78, 5) is 4.34. The second-order valence-corrected chi connectivity index (χ2v) is 6.54. The van der Waals surface area contributed by atoms with E-state index in [2.05, 4.69) is 15.2 Å². The van der Waals surface area contributed by atoms with E-state index in [1.807, 2.05) is 53.1 Å². The molecule has 0 aliphatic carbocycles. The maximum atomic E-state index is 13.4. The van der Waals surface area contributed by atoms with Crippen molar-refractivity contribution in [3.8, 4) is 17.1 Å². The van der Waals surface area contributed by atoms with Crippen molar-refractivity contribution in [3.05, 3.63) is 90.5 Å². The smallest absolute Gasteiger partial charge is 0.196 e. The predicted octanol–water partition coefficient (Wildman–Crippen LogP) is 4.76. The molecule has 0 saturated carbocycles. The standard InChI is InChI=1S/C20H15FN4S/c21-16-9-11-18(12-10-16)25-19(15-6-2-1-3-7-15)23-24-20(25)26-14-17-8-4-5-13-22-17/h1-13H,14H2. The quantitative estimate of drug-likeness (QED) is 0.480. The number of benzene rings is 2. The number of halogens is 1. The molecule has 0 amide bonds. The number of pyridine rings is 1. The second kappa shape index (κ2) is 7.49. The Morgan fingerprint density at radius 2 is 1.62 bits per heavy atom. The second-order valence-electron chi connectivity index (χ2n) is 5.59. The van der Waals surface area contributed by atoms with Crippen molar-refractivity contribution >= 4 is 11.8 Å². The van der Waals surface area contributed by atoms with E-state index >= 15 is 0 Å². The third kappa shape index (κ3) is 3.50. The topological polar surface area (TPSA) is 43.6 Å². The van der Waals surface area contributed by atoms with E-state index in [1.165, 1.54) is 12.1 Å². The third-order valence-corrected chi connectivity index (χ3v) is 4.79. The van der Waals surface area contributed by atoms with Gasteiger partial charge in [0.2, 0.25) is 0 Å². The fourth-order valence-electron chi connectivity index (χ4n) is 2.58. The molecule has 0 aliphatic rings. The van der Waals surface area contributed by atoms with Gasteiger partial charge in [0.15, 0.2) is 11.0 Å². The molecule has 2 aromatic heterocycles. The van der Waals surface area contributed by atoms with Gasteiger partial charge < -0.3 is 0 Å². The molecule has 2 heterocycles. The number of hydrogen-bond acceptors (Lipinski definition) is 4. The van der Waals surface area contributed by atoms with E-state index in [4.69, 9.17) is 0 Å². The van der Waals surface area contributed by atoms with Crippen LogP contribution in [0.3, 0.4) is 0 Å². The number of aromatic nitrogens is 4. The van der Waals surface area contributed by atoms with Crippen LogP contribution in [0.1, 0.15) is 5.69 Å². The highest BCUT2D eigenvalue weighted by atomic mass is 32.2. The molecular weight excluding hydrogens is 347 g/mol. The lowest BCUT2D eigenvalue weighted by Gasteiger charge is -2.10. The summed E-state index contributed by atoms with van der Waals surface area (Å²) < 4.78 is 15.3. The largest absolute Gasteiger partial charge is 0.270 e. The summed E-state index contributed by atoms with van der Waals surface area (Å²) in [6.07, 6.45) is 1.77. The van der Waals surface area contributed by atoms with E-state index in [0.717, 1.165) is 27.9 Å². The lowest BCUT2D eigenvalue weighted by Crippen LogP contribution is -2.00. The van der Waals surface area contributed by atoms with Crippen molar-refractivity contribution in [2.75, 3.05) is 0 Å². The first-order valence-corrected chi connectivity index (χ1v) is 9.09. The summed E-state index contributed by atoms with van der Waals surface area (Å²) in [5.74, 6) is 1.13. The number of hydrogen-bond donors (Lipinski definition) is 0. The van der Waals surface area contributed by atoms with Crippen LogP contribution in [0.15, 0.2) is 84.1 Å². The highest BCUT2D eigenvalue weighted by Crippen LogP contribution is 2.29. The van der Waals surface area contributed by atoms with Gasteiger partial charge in [0.25, 0.3) is 0 Å². The Hall–Kier alpha value is -2.99. The van der Waals surface area contributed by atoms with E-state index in [0.29, 0.717) is 5.75 Å². The van der Waals surface area contributed by atoms with Crippen LogP contribution < -0.4 is 0 Å². The Labute approximate surface area is 154 Å². The van der Waals surface area contributed by atoms with Gasteiger partial charge in [0.05, 0.1) is 5.69 Å². The van der Waals surface area contributed by atoms with Crippen LogP contribution in [0.4, 0.5) is 4.39 Å². The summed E-state index contributed by atoms with van der Waals surface area (Å²) in [6, 6.07) is 22.0. The van der Waals surface area contributed by atoms with Gasteiger partial charge in [0, 0.05) is 23.2 Å². The van der Waals surface area contributed by atoms with E-state index in [-0.39, 0.29) is 5.82 Å². The first-order chi connectivity index (χ1) is 12.8. The molecule has 4 nitrogen and oxygen atoms in total. The predicted molar refractivity (Wildman–Crippen MR) is 101 cm³/mol. The Morgan fingerprint density at radius 1 is 0.846 bits per heavy atom. The number of thioether (sulfide) groups is 1. The maximum absolute atomic E-state index is 13.4. The molecule has 26 heavy (non-hydrogen) atoms. The molecule has 0 fully saturated rings. The summed E-state index contributed by atoms with van der Waals surface area (Å²) >= 11 is 1.55. The number of rotatable bonds is 5. The van der Waals surface area contributed by atoms with Crippen molar-refractivity contribution in [1.82, 2.24) is 19.7 Å². The van der Waals surface area contributed by atoms with Gasteiger partial charge in [-0.05, 0) is 36.4 Å². The monoisotopic (exact) mass is 362 g/mol. The Morgan fingerprint density at radius 3 is 2.35 bits per heavy atom. The average molecular weight is 362 g/mol. The first-order valence-electron chi connectivity index (χ1n) is 8.11. The van der Waals surface area contributed by atoms with Crippen molar-refractivity contribution in [2.45, 2.75) is 10.9 Å². The van der Waals surface area contributed by atoms with Gasteiger partial charge >= 0.3 is 0 Å². The molecule has 0 atom stereocenters. The fraction of sp³-hybridized carbons (Fsp3) is 0.0500. The van der Waals surface area contributed by atoms with Crippen LogP contribution in [0, 0.1) is 5.82 Å². The van der Waals surface area contributed by atoms with Crippen LogP contribution in [-0.2, 0) is 5.75 Å². The van der Waals surface area contributed by atoms with Crippen molar-refractivity contribution in [3.63, 3.8) is 0 Å². The zero-order valence-electron chi connectivity index (χ0n) is 13.8. The van der Waals surface area contributed by atoms with Crippen LogP contribution in [0.5, 0.6) is 0 Å². The highest BCUT2D eigenvalue weighted by Gasteiger charge is 2.16. The summed E-state index contributed by atoms with van der Waals surface area (Å²) in [5, 5.41) is 9.47. The Balaban J connectivity index is 1.74. The molecule has 0 unspecified atom stereocenters. The highest BCUT2D eigenvalue weighted by molar-refractivity contribution is 7.98. The van der Waals surface area contributed by atoms with Crippen molar-refractivity contribution in [1.29, 1.82) is 0 Å². The van der Waals surface area contributed by atoms with Crippen molar-refractivity contribution in [2.24, 2.45) is 0 Å². The molecule has 128 valence electrons. The minimum Gasteiger partial charge on any atom is -0.270 e. The van der Waals surface area contributed by atoms with Gasteiger partial charge in [-0.3, -0.25) is 9.55 Å². The molecule has 4 aromatic rings. The van der Waals surface area contributed by atoms with Crippen LogP contribution in [-0.4, -0.2) is 19.7 Å². The molecule has 0 bridgehead atoms. The lowest BCUT2D eigenvalue weighted by atomic mass is 10.2. The van der Waals surface area contributed by atoms with Gasteiger partial charge in [-0.25, -0.2) is 4.39 Å². The molecule has 2 aromatic carbocycles. The molecule has 0 aliphatic heterocycles. The Bertz CT molecular complexity index is 986. The minimum absolute atomic E-state index is 0.272. The normalized spacial score (nSPS) is 10.8. The van der Waals surface area contributed by atoms with E-state index in [9.17, 15) is 4.39 Å². The van der Waals surface area contributed by atoms with Crippen LogP contribution in [0.2, 0.25) is 0 Å². The van der Waals surface area contributed by atoms with Gasteiger partial charge in [0.1, 0.15) is 5.82 Å². The van der Waals surface area contributed by atoms with Gasteiger partial charge in [-0.15, -0.1) is 10.2 Å². The van der Waals surface area contributed by atoms with E-state index < -0.39 is 0 Å². The molecule has 0 spiro atoms. The number of nitrogens with zero attached hydrogens (tertiary/aromatic N) is 4. The summed E-state index contributed by atoms with van der Waals surface area (Å²) in [7, 11) is 0. The molecule has 0 N–H and O–H groups in total.